The largest absolute Gasteiger partial charge is 0.456 e. The van der Waals surface area contributed by atoms with Crippen molar-refractivity contribution in [2.75, 3.05) is 18.1 Å². The van der Waals surface area contributed by atoms with Crippen LogP contribution in [0.4, 0.5) is 5.69 Å². The second-order valence-corrected chi connectivity index (χ2v) is 7.16. The Morgan fingerprint density at radius 3 is 2.57 bits per heavy atom. The molecule has 1 heterocycles. The van der Waals surface area contributed by atoms with E-state index in [1.165, 1.54) is 0 Å². The molecule has 0 saturated heterocycles. The first-order valence-corrected chi connectivity index (χ1v) is 9.60. The predicted octanol–water partition coefficient (Wildman–Crippen LogP) is 3.79. The van der Waals surface area contributed by atoms with Crippen LogP contribution >= 0.6 is 0 Å². The van der Waals surface area contributed by atoms with Crippen molar-refractivity contribution >= 4 is 23.3 Å². The fourth-order valence-corrected chi connectivity index (χ4v) is 3.36. The minimum Gasteiger partial charge on any atom is -0.456 e. The summed E-state index contributed by atoms with van der Waals surface area (Å²) in [6.07, 6.45) is 1.87. The van der Waals surface area contributed by atoms with E-state index < -0.39 is 5.97 Å². The minimum absolute atomic E-state index is 0.0321. The number of ketones is 1. The Hall–Kier alpha value is -2.95. The number of hydrogen-bond acceptors (Lipinski definition) is 4. The molecule has 5 heteroatoms. The molecule has 3 rings (SSSR count). The summed E-state index contributed by atoms with van der Waals surface area (Å²) in [5, 5.41) is 0. The first-order valence-electron chi connectivity index (χ1n) is 9.60. The fraction of sp³-hybridized carbons (Fsp3) is 0.348. The predicted molar refractivity (Wildman–Crippen MR) is 108 cm³/mol. The molecule has 2 aromatic carbocycles. The number of hydrogen-bond donors (Lipinski definition) is 0. The van der Waals surface area contributed by atoms with E-state index in [0.29, 0.717) is 12.1 Å². The lowest BCUT2D eigenvalue weighted by atomic mass is 10.0. The van der Waals surface area contributed by atoms with Crippen molar-refractivity contribution in [3.63, 3.8) is 0 Å². The number of aryl methyl sites for hydroxylation is 3. The van der Waals surface area contributed by atoms with Gasteiger partial charge in [0.2, 0.25) is 0 Å². The topological polar surface area (TPSA) is 63.7 Å². The molecular formula is C23H25NO4. The van der Waals surface area contributed by atoms with E-state index in [1.54, 1.807) is 11.0 Å². The number of para-hydroxylation sites is 1. The number of rotatable bonds is 6. The van der Waals surface area contributed by atoms with E-state index in [9.17, 15) is 14.4 Å². The summed E-state index contributed by atoms with van der Waals surface area (Å²) in [5.74, 6) is -0.867. The maximum Gasteiger partial charge on any atom is 0.306 e. The first kappa shape index (κ1) is 19.8. The fourth-order valence-electron chi connectivity index (χ4n) is 3.36. The molecule has 0 fully saturated rings. The number of carbonyl (C=O) groups is 3. The van der Waals surface area contributed by atoms with Crippen LogP contribution in [0.1, 0.15) is 46.3 Å². The molecular weight excluding hydrogens is 354 g/mol. The average molecular weight is 379 g/mol. The Bertz CT molecular complexity index is 903. The van der Waals surface area contributed by atoms with E-state index in [4.69, 9.17) is 4.74 Å². The van der Waals surface area contributed by atoms with E-state index in [0.717, 1.165) is 35.2 Å². The smallest absolute Gasteiger partial charge is 0.306 e. The van der Waals surface area contributed by atoms with E-state index in [2.05, 4.69) is 0 Å². The van der Waals surface area contributed by atoms with Crippen molar-refractivity contribution in [1.29, 1.82) is 0 Å². The summed E-state index contributed by atoms with van der Waals surface area (Å²) in [4.78, 5) is 38.4. The SMILES string of the molecule is Cc1ccc(C(=O)CCC(=O)OCC(=O)N2CCCc3ccccc32)cc1C. The summed E-state index contributed by atoms with van der Waals surface area (Å²) in [6, 6.07) is 13.3. The number of carbonyl (C=O) groups excluding carboxylic acids is 3. The van der Waals surface area contributed by atoms with Crippen LogP contribution in [-0.4, -0.2) is 30.8 Å². The molecule has 146 valence electrons. The van der Waals surface area contributed by atoms with Gasteiger partial charge in [-0.1, -0.05) is 30.3 Å². The van der Waals surface area contributed by atoms with Crippen molar-refractivity contribution in [1.82, 2.24) is 0 Å². The molecule has 0 aromatic heterocycles. The number of amides is 1. The van der Waals surface area contributed by atoms with Crippen LogP contribution in [0.25, 0.3) is 0 Å². The van der Waals surface area contributed by atoms with Crippen LogP contribution in [-0.2, 0) is 20.7 Å². The van der Waals surface area contributed by atoms with E-state index in [1.807, 2.05) is 50.2 Å². The number of fused-ring (bicyclic) bond motifs is 1. The van der Waals surface area contributed by atoms with Crippen LogP contribution < -0.4 is 4.90 Å². The number of nitrogens with zero attached hydrogens (tertiary/aromatic N) is 1. The quantitative estimate of drug-likeness (QED) is 0.566. The molecule has 0 saturated carbocycles. The lowest BCUT2D eigenvalue weighted by Gasteiger charge is -2.29. The summed E-state index contributed by atoms with van der Waals surface area (Å²) in [6.45, 7) is 4.26. The first-order chi connectivity index (χ1) is 13.5. The molecule has 1 aliphatic rings. The Morgan fingerprint density at radius 2 is 1.79 bits per heavy atom. The van der Waals surface area contributed by atoms with Crippen LogP contribution in [0.3, 0.4) is 0 Å². The Balaban J connectivity index is 1.49. The Morgan fingerprint density at radius 1 is 1.00 bits per heavy atom. The van der Waals surface area contributed by atoms with Crippen molar-refractivity contribution in [2.45, 2.75) is 39.5 Å². The molecule has 2 aromatic rings. The van der Waals surface area contributed by atoms with Crippen LogP contribution in [0.15, 0.2) is 42.5 Å². The molecule has 0 bridgehead atoms. The van der Waals surface area contributed by atoms with E-state index in [-0.39, 0.29) is 31.1 Å². The molecule has 0 aliphatic carbocycles. The molecule has 0 atom stereocenters. The van der Waals surface area contributed by atoms with Gasteiger partial charge in [-0.3, -0.25) is 14.4 Å². The van der Waals surface area contributed by atoms with Crippen molar-refractivity contribution in [2.24, 2.45) is 0 Å². The lowest BCUT2D eigenvalue weighted by molar-refractivity contribution is -0.147. The molecule has 5 nitrogen and oxygen atoms in total. The van der Waals surface area contributed by atoms with Gasteiger partial charge in [0, 0.05) is 24.2 Å². The maximum atomic E-state index is 12.5. The number of Topliss-reactive ketones (excluding diaryl/α,β-unsaturated/α-hetero) is 1. The van der Waals surface area contributed by atoms with Gasteiger partial charge in [0.15, 0.2) is 12.4 Å². The van der Waals surface area contributed by atoms with Gasteiger partial charge in [-0.2, -0.15) is 0 Å². The molecule has 0 N–H and O–H groups in total. The van der Waals surface area contributed by atoms with Crippen LogP contribution in [0.2, 0.25) is 0 Å². The van der Waals surface area contributed by atoms with Gasteiger partial charge in [-0.05, 0) is 55.5 Å². The van der Waals surface area contributed by atoms with Gasteiger partial charge in [0.1, 0.15) is 0 Å². The minimum atomic E-state index is -0.532. The highest BCUT2D eigenvalue weighted by Gasteiger charge is 2.23. The van der Waals surface area contributed by atoms with Gasteiger partial charge < -0.3 is 9.64 Å². The molecule has 28 heavy (non-hydrogen) atoms. The molecule has 0 radical (unpaired) electrons. The van der Waals surface area contributed by atoms with Crippen molar-refractivity contribution < 1.29 is 19.1 Å². The monoisotopic (exact) mass is 379 g/mol. The third-order valence-corrected chi connectivity index (χ3v) is 5.15. The highest BCUT2D eigenvalue weighted by Crippen LogP contribution is 2.26. The summed E-state index contributed by atoms with van der Waals surface area (Å²) in [5.41, 5.74) is 4.78. The van der Waals surface area contributed by atoms with Crippen LogP contribution in [0, 0.1) is 13.8 Å². The summed E-state index contributed by atoms with van der Waals surface area (Å²) < 4.78 is 5.12. The molecule has 0 spiro atoms. The highest BCUT2D eigenvalue weighted by atomic mass is 16.5. The average Bonchev–Trinajstić information content (AvgIpc) is 2.71. The zero-order valence-electron chi connectivity index (χ0n) is 16.4. The number of benzene rings is 2. The number of esters is 1. The summed E-state index contributed by atoms with van der Waals surface area (Å²) in [7, 11) is 0. The van der Waals surface area contributed by atoms with Gasteiger partial charge in [0.05, 0.1) is 6.42 Å². The third kappa shape index (κ3) is 4.66. The molecule has 1 aliphatic heterocycles. The van der Waals surface area contributed by atoms with Gasteiger partial charge >= 0.3 is 5.97 Å². The normalized spacial score (nSPS) is 13.0. The second kappa shape index (κ2) is 8.83. The second-order valence-electron chi connectivity index (χ2n) is 7.16. The zero-order chi connectivity index (χ0) is 20.1. The standard InChI is InChI=1S/C23H25NO4/c1-16-9-10-19(14-17(16)2)21(25)11-12-23(27)28-15-22(26)24-13-5-7-18-6-3-4-8-20(18)24/h3-4,6,8-10,14H,5,7,11-13,15H2,1-2H3. The van der Waals surface area contributed by atoms with Gasteiger partial charge in [0.25, 0.3) is 5.91 Å². The number of anilines is 1. The summed E-state index contributed by atoms with van der Waals surface area (Å²) >= 11 is 0. The third-order valence-electron chi connectivity index (χ3n) is 5.15. The van der Waals surface area contributed by atoms with Gasteiger partial charge in [-0.15, -0.1) is 0 Å². The zero-order valence-corrected chi connectivity index (χ0v) is 16.4. The van der Waals surface area contributed by atoms with Crippen LogP contribution in [0.5, 0.6) is 0 Å². The van der Waals surface area contributed by atoms with Crippen molar-refractivity contribution in [3.05, 3.63) is 64.7 Å². The molecule has 1 amide bonds. The van der Waals surface area contributed by atoms with E-state index >= 15 is 0 Å². The Kier molecular flexibility index (Phi) is 6.24. The Labute approximate surface area is 165 Å². The molecule has 0 unspecified atom stereocenters. The lowest BCUT2D eigenvalue weighted by Crippen LogP contribution is -2.38. The number of ether oxygens (including phenoxy) is 1. The van der Waals surface area contributed by atoms with Gasteiger partial charge in [-0.25, -0.2) is 0 Å². The maximum absolute atomic E-state index is 12.5. The van der Waals surface area contributed by atoms with Crippen molar-refractivity contribution in [3.8, 4) is 0 Å². The highest BCUT2D eigenvalue weighted by molar-refractivity contribution is 5.98.